The molecule has 0 unspecified atom stereocenters. The van der Waals surface area contributed by atoms with E-state index in [9.17, 15) is 9.59 Å². The van der Waals surface area contributed by atoms with Crippen LogP contribution in [0.2, 0.25) is 0 Å². The van der Waals surface area contributed by atoms with Gasteiger partial charge in [0.1, 0.15) is 5.82 Å². The first kappa shape index (κ1) is 20.0. The third kappa shape index (κ3) is 4.06. The van der Waals surface area contributed by atoms with E-state index in [1.54, 1.807) is 66.7 Å². The molecule has 0 atom stereocenters. The molecule has 0 fully saturated rings. The van der Waals surface area contributed by atoms with Crippen molar-refractivity contribution in [1.82, 2.24) is 19.6 Å². The lowest BCUT2D eigenvalue weighted by Crippen LogP contribution is -2.26. The number of nitrogens with zero attached hydrogens (tertiary/aromatic N) is 5. The fourth-order valence-corrected chi connectivity index (χ4v) is 3.15. The van der Waals surface area contributed by atoms with Gasteiger partial charge in [-0.1, -0.05) is 0 Å². The topological polar surface area (TPSA) is 102 Å². The van der Waals surface area contributed by atoms with Crippen LogP contribution in [0.25, 0.3) is 16.6 Å². The number of hydrogen-bond acceptors (Lipinski definition) is 6. The van der Waals surface area contributed by atoms with E-state index in [2.05, 4.69) is 20.4 Å². The number of carbonyl (C=O) groups is 2. The fraction of sp³-hybridized carbons (Fsp3) is 0.136. The number of rotatable bonds is 5. The van der Waals surface area contributed by atoms with Crippen LogP contribution < -0.4 is 15.0 Å². The molecule has 9 heteroatoms. The summed E-state index contributed by atoms with van der Waals surface area (Å²) < 4.78 is 6.76. The minimum atomic E-state index is -0.185. The van der Waals surface area contributed by atoms with Gasteiger partial charge in [0.25, 0.3) is 5.91 Å². The van der Waals surface area contributed by atoms with Gasteiger partial charge in [0, 0.05) is 49.1 Å². The van der Waals surface area contributed by atoms with Crippen molar-refractivity contribution in [2.24, 2.45) is 0 Å². The molecule has 0 saturated carbocycles. The summed E-state index contributed by atoms with van der Waals surface area (Å²) in [4.78, 5) is 34.2. The zero-order valence-corrected chi connectivity index (χ0v) is 17.2. The summed E-state index contributed by atoms with van der Waals surface area (Å²) in [5.41, 5.74) is 3.57. The second-order valence-electron chi connectivity index (χ2n) is 6.84. The number of nitrogens with one attached hydrogen (secondary N) is 1. The third-order valence-corrected chi connectivity index (χ3v) is 4.77. The SMILES string of the molecule is COc1ccc(N(C)C(=O)c2ccn3ncc(-c4ccc(NC(C)=O)nc4)c3c2)cn1. The zero-order chi connectivity index (χ0) is 22.0. The maximum Gasteiger partial charge on any atom is 0.258 e. The summed E-state index contributed by atoms with van der Waals surface area (Å²) in [6, 6.07) is 10.6. The molecular formula is C22H20N6O3. The summed E-state index contributed by atoms with van der Waals surface area (Å²) in [7, 11) is 3.23. The summed E-state index contributed by atoms with van der Waals surface area (Å²) in [6.07, 6.45) is 6.70. The number of anilines is 2. The Bertz CT molecular complexity index is 1250. The van der Waals surface area contributed by atoms with Crippen LogP contribution in [0.5, 0.6) is 5.88 Å². The van der Waals surface area contributed by atoms with Gasteiger partial charge in [-0.2, -0.15) is 5.10 Å². The molecule has 0 saturated heterocycles. The largest absolute Gasteiger partial charge is 0.481 e. The van der Waals surface area contributed by atoms with Crippen molar-refractivity contribution in [3.63, 3.8) is 0 Å². The number of amides is 2. The number of ether oxygens (including phenoxy) is 1. The van der Waals surface area contributed by atoms with E-state index in [1.807, 2.05) is 6.07 Å². The number of hydrogen-bond donors (Lipinski definition) is 1. The molecule has 0 radical (unpaired) electrons. The molecule has 0 bridgehead atoms. The Labute approximate surface area is 178 Å². The maximum absolute atomic E-state index is 13.0. The van der Waals surface area contributed by atoms with Crippen molar-refractivity contribution >= 4 is 28.8 Å². The van der Waals surface area contributed by atoms with E-state index < -0.39 is 0 Å². The van der Waals surface area contributed by atoms with Gasteiger partial charge in [0.2, 0.25) is 11.8 Å². The van der Waals surface area contributed by atoms with E-state index >= 15 is 0 Å². The normalized spacial score (nSPS) is 10.7. The standard InChI is InChI=1S/C22H20N6O3/c1-14(29)26-20-6-4-16(11-23-20)18-13-25-28-9-8-15(10-19(18)28)22(30)27(2)17-5-7-21(31-3)24-12-17/h4-13H,1-3H3,(H,23,26,29). The molecule has 4 aromatic heterocycles. The second kappa shape index (κ2) is 8.23. The van der Waals surface area contributed by atoms with Crippen molar-refractivity contribution in [2.45, 2.75) is 6.92 Å². The van der Waals surface area contributed by atoms with Crippen molar-refractivity contribution < 1.29 is 14.3 Å². The molecule has 0 aromatic carbocycles. The van der Waals surface area contributed by atoms with Crippen LogP contribution in [0, 0.1) is 0 Å². The second-order valence-corrected chi connectivity index (χ2v) is 6.84. The lowest BCUT2D eigenvalue weighted by molar-refractivity contribution is -0.114. The van der Waals surface area contributed by atoms with Crippen molar-refractivity contribution in [2.75, 3.05) is 24.4 Å². The first-order valence-electron chi connectivity index (χ1n) is 9.46. The van der Waals surface area contributed by atoms with Gasteiger partial charge in [-0.25, -0.2) is 14.5 Å². The summed E-state index contributed by atoms with van der Waals surface area (Å²) in [6.45, 7) is 1.43. The van der Waals surface area contributed by atoms with Crippen molar-refractivity contribution in [1.29, 1.82) is 0 Å². The lowest BCUT2D eigenvalue weighted by Gasteiger charge is -2.17. The highest BCUT2D eigenvalue weighted by molar-refractivity contribution is 6.06. The molecule has 4 aromatic rings. The predicted molar refractivity (Wildman–Crippen MR) is 116 cm³/mol. The van der Waals surface area contributed by atoms with Crippen LogP contribution in [0.4, 0.5) is 11.5 Å². The first-order chi connectivity index (χ1) is 15.0. The van der Waals surface area contributed by atoms with Crippen LogP contribution in [-0.4, -0.2) is 45.6 Å². The quantitative estimate of drug-likeness (QED) is 0.537. The van der Waals surface area contributed by atoms with Gasteiger partial charge >= 0.3 is 0 Å². The molecule has 4 rings (SSSR count). The Kier molecular flexibility index (Phi) is 5.31. The van der Waals surface area contributed by atoms with Crippen LogP contribution >= 0.6 is 0 Å². The number of fused-ring (bicyclic) bond motifs is 1. The van der Waals surface area contributed by atoms with Crippen LogP contribution in [0.15, 0.2) is 61.2 Å². The monoisotopic (exact) mass is 416 g/mol. The number of carbonyl (C=O) groups excluding carboxylic acids is 2. The van der Waals surface area contributed by atoms with Gasteiger partial charge in [-0.05, 0) is 30.3 Å². The van der Waals surface area contributed by atoms with E-state index in [-0.39, 0.29) is 11.8 Å². The van der Waals surface area contributed by atoms with Gasteiger partial charge in [-0.15, -0.1) is 0 Å². The van der Waals surface area contributed by atoms with Gasteiger partial charge < -0.3 is 15.0 Å². The zero-order valence-electron chi connectivity index (χ0n) is 17.2. The number of aromatic nitrogens is 4. The number of pyridine rings is 3. The minimum Gasteiger partial charge on any atom is -0.481 e. The highest BCUT2D eigenvalue weighted by Crippen LogP contribution is 2.26. The Morgan fingerprint density at radius 1 is 1.06 bits per heavy atom. The molecule has 31 heavy (non-hydrogen) atoms. The summed E-state index contributed by atoms with van der Waals surface area (Å²) >= 11 is 0. The van der Waals surface area contributed by atoms with Crippen molar-refractivity contribution in [3.05, 3.63) is 66.7 Å². The average molecular weight is 416 g/mol. The average Bonchev–Trinajstić information content (AvgIpc) is 3.21. The lowest BCUT2D eigenvalue weighted by atomic mass is 10.1. The molecule has 156 valence electrons. The van der Waals surface area contributed by atoms with Crippen LogP contribution in [0.1, 0.15) is 17.3 Å². The molecule has 1 N–H and O–H groups in total. The van der Waals surface area contributed by atoms with Crippen LogP contribution in [0.3, 0.4) is 0 Å². The Morgan fingerprint density at radius 3 is 2.55 bits per heavy atom. The molecule has 9 nitrogen and oxygen atoms in total. The highest BCUT2D eigenvalue weighted by Gasteiger charge is 2.16. The van der Waals surface area contributed by atoms with Gasteiger partial charge in [-0.3, -0.25) is 9.59 Å². The Hall–Kier alpha value is -4.27. The number of methoxy groups -OCH3 is 1. The maximum atomic E-state index is 13.0. The van der Waals surface area contributed by atoms with E-state index in [1.165, 1.54) is 18.9 Å². The predicted octanol–water partition coefficient (Wildman–Crippen LogP) is 3.03. The van der Waals surface area contributed by atoms with E-state index in [0.29, 0.717) is 22.9 Å². The summed E-state index contributed by atoms with van der Waals surface area (Å²) in [5.74, 6) is 0.586. The molecule has 0 aliphatic carbocycles. The van der Waals surface area contributed by atoms with Gasteiger partial charge in [0.05, 0.1) is 30.7 Å². The minimum absolute atomic E-state index is 0.180. The molecule has 0 spiro atoms. The Morgan fingerprint density at radius 2 is 1.90 bits per heavy atom. The van der Waals surface area contributed by atoms with Crippen molar-refractivity contribution in [3.8, 4) is 17.0 Å². The van der Waals surface area contributed by atoms with Gasteiger partial charge in [0.15, 0.2) is 0 Å². The molecule has 4 heterocycles. The highest BCUT2D eigenvalue weighted by atomic mass is 16.5. The smallest absolute Gasteiger partial charge is 0.258 e. The molecule has 2 amide bonds. The first-order valence-corrected chi connectivity index (χ1v) is 9.46. The van der Waals surface area contributed by atoms with Crippen LogP contribution in [-0.2, 0) is 4.79 Å². The molecular weight excluding hydrogens is 396 g/mol. The molecule has 0 aliphatic rings. The third-order valence-electron chi connectivity index (χ3n) is 4.77. The Balaban J connectivity index is 1.64. The van der Waals surface area contributed by atoms with E-state index in [4.69, 9.17) is 4.74 Å². The molecule has 0 aliphatic heterocycles. The van der Waals surface area contributed by atoms with E-state index in [0.717, 1.165) is 16.6 Å². The summed E-state index contributed by atoms with van der Waals surface area (Å²) in [5, 5.41) is 7.00. The fourth-order valence-electron chi connectivity index (χ4n) is 3.15.